The molecule has 0 saturated carbocycles. The number of rotatable bonds is 6. The number of amides is 1. The molecular formula is C20H15Cl2N3O3S2. The van der Waals surface area contributed by atoms with Crippen LogP contribution in [-0.2, 0) is 6.54 Å². The van der Waals surface area contributed by atoms with E-state index in [0.29, 0.717) is 36.4 Å². The van der Waals surface area contributed by atoms with Gasteiger partial charge in [0, 0.05) is 24.5 Å². The summed E-state index contributed by atoms with van der Waals surface area (Å²) in [5, 5.41) is 0.521. The first-order valence-corrected chi connectivity index (χ1v) is 11.1. The molecule has 0 atom stereocenters. The van der Waals surface area contributed by atoms with Gasteiger partial charge in [-0.15, -0.1) is 11.3 Å². The fraction of sp³-hybridized carbons (Fsp3) is 0.150. The number of aromatic nitrogens is 2. The number of carbonyl (C=O) groups is 1. The highest BCUT2D eigenvalue weighted by molar-refractivity contribution is 7.22. The Balaban J connectivity index is 1.80. The van der Waals surface area contributed by atoms with Crippen molar-refractivity contribution in [2.45, 2.75) is 6.54 Å². The molecule has 0 aliphatic heterocycles. The molecule has 0 bridgehead atoms. The van der Waals surface area contributed by atoms with Crippen molar-refractivity contribution in [2.24, 2.45) is 0 Å². The van der Waals surface area contributed by atoms with E-state index in [9.17, 15) is 4.79 Å². The van der Waals surface area contributed by atoms with Gasteiger partial charge in [-0.05, 0) is 17.7 Å². The maximum Gasteiger partial charge on any atom is 0.262 e. The number of fused-ring (bicyclic) bond motifs is 1. The van der Waals surface area contributed by atoms with E-state index >= 15 is 0 Å². The molecule has 3 heterocycles. The lowest BCUT2D eigenvalue weighted by Crippen LogP contribution is -2.30. The Morgan fingerprint density at radius 3 is 2.53 bits per heavy atom. The monoisotopic (exact) mass is 479 g/mol. The van der Waals surface area contributed by atoms with Crippen molar-refractivity contribution in [2.75, 3.05) is 19.1 Å². The molecule has 0 aliphatic rings. The summed E-state index contributed by atoms with van der Waals surface area (Å²) in [4.78, 5) is 23.8. The minimum atomic E-state index is -0.287. The minimum Gasteiger partial charge on any atom is -0.493 e. The Labute approximate surface area is 190 Å². The average Bonchev–Trinajstić information content (AvgIpc) is 3.32. The van der Waals surface area contributed by atoms with Crippen LogP contribution in [0.15, 0.2) is 42.7 Å². The number of methoxy groups -OCH3 is 2. The molecule has 1 aromatic carbocycles. The Morgan fingerprint density at radius 2 is 1.90 bits per heavy atom. The number of benzene rings is 1. The van der Waals surface area contributed by atoms with E-state index in [-0.39, 0.29) is 12.5 Å². The van der Waals surface area contributed by atoms with Crippen molar-refractivity contribution in [1.82, 2.24) is 9.97 Å². The van der Waals surface area contributed by atoms with Crippen molar-refractivity contribution in [3.05, 3.63) is 62.5 Å². The van der Waals surface area contributed by atoms with Crippen LogP contribution in [0.25, 0.3) is 10.2 Å². The predicted molar refractivity (Wildman–Crippen MR) is 122 cm³/mol. The molecule has 0 unspecified atom stereocenters. The van der Waals surface area contributed by atoms with Crippen LogP contribution in [0.4, 0.5) is 5.13 Å². The second-order valence-electron chi connectivity index (χ2n) is 6.16. The zero-order valence-electron chi connectivity index (χ0n) is 15.9. The normalized spacial score (nSPS) is 10.9. The number of carbonyl (C=O) groups excluding carboxylic acids is 1. The van der Waals surface area contributed by atoms with E-state index in [4.69, 9.17) is 32.7 Å². The van der Waals surface area contributed by atoms with Crippen LogP contribution in [-0.4, -0.2) is 30.1 Å². The highest BCUT2D eigenvalue weighted by atomic mass is 35.5. The molecule has 4 aromatic rings. The summed E-state index contributed by atoms with van der Waals surface area (Å²) in [5.41, 5.74) is 1.90. The molecule has 6 nitrogen and oxygen atoms in total. The van der Waals surface area contributed by atoms with Crippen LogP contribution in [0.5, 0.6) is 11.5 Å². The van der Waals surface area contributed by atoms with Crippen molar-refractivity contribution in [3.8, 4) is 11.5 Å². The molecule has 4 rings (SSSR count). The summed E-state index contributed by atoms with van der Waals surface area (Å²) in [5.74, 6) is 0.877. The third kappa shape index (κ3) is 4.09. The lowest BCUT2D eigenvalue weighted by molar-refractivity contribution is 0.0985. The molecule has 0 N–H and O–H groups in total. The quantitative estimate of drug-likeness (QED) is 0.343. The van der Waals surface area contributed by atoms with Crippen LogP contribution < -0.4 is 14.4 Å². The highest BCUT2D eigenvalue weighted by Crippen LogP contribution is 2.39. The minimum absolute atomic E-state index is 0.282. The molecule has 0 spiro atoms. The molecule has 154 valence electrons. The lowest BCUT2D eigenvalue weighted by Gasteiger charge is -2.19. The van der Waals surface area contributed by atoms with Gasteiger partial charge in [0.25, 0.3) is 5.91 Å². The molecule has 0 aliphatic carbocycles. The number of nitrogens with zero attached hydrogens (tertiary/aromatic N) is 3. The highest BCUT2D eigenvalue weighted by Gasteiger charge is 2.25. The zero-order chi connectivity index (χ0) is 21.3. The number of anilines is 1. The maximum atomic E-state index is 13.4. The summed E-state index contributed by atoms with van der Waals surface area (Å²) in [6.07, 6.45) is 3.39. The molecular weight excluding hydrogens is 465 g/mol. The van der Waals surface area contributed by atoms with E-state index in [1.54, 1.807) is 43.6 Å². The van der Waals surface area contributed by atoms with Crippen LogP contribution in [0, 0.1) is 0 Å². The van der Waals surface area contributed by atoms with Gasteiger partial charge in [-0.25, -0.2) is 4.98 Å². The van der Waals surface area contributed by atoms with Crippen molar-refractivity contribution >= 4 is 67.1 Å². The van der Waals surface area contributed by atoms with E-state index < -0.39 is 0 Å². The second-order valence-corrected chi connectivity index (χ2v) is 9.46. The summed E-state index contributed by atoms with van der Waals surface area (Å²) >= 11 is 14.8. The van der Waals surface area contributed by atoms with E-state index in [2.05, 4.69) is 9.97 Å². The van der Waals surface area contributed by atoms with Crippen LogP contribution in [0.1, 0.15) is 15.9 Å². The van der Waals surface area contributed by atoms with Crippen LogP contribution in [0.2, 0.25) is 8.67 Å². The predicted octanol–water partition coefficient (Wildman–Crippen LogP) is 5.92. The summed E-state index contributed by atoms with van der Waals surface area (Å²) in [6, 6.07) is 8.92. The first-order chi connectivity index (χ1) is 14.5. The average molecular weight is 480 g/mol. The number of ether oxygens (including phenoxy) is 2. The van der Waals surface area contributed by atoms with E-state index in [1.807, 2.05) is 18.2 Å². The number of thiazole rings is 1. The van der Waals surface area contributed by atoms with Crippen molar-refractivity contribution < 1.29 is 14.3 Å². The summed E-state index contributed by atoms with van der Waals surface area (Å²) < 4.78 is 12.4. The van der Waals surface area contributed by atoms with Crippen molar-refractivity contribution in [1.29, 1.82) is 0 Å². The number of thiophene rings is 1. The van der Waals surface area contributed by atoms with Gasteiger partial charge in [0.05, 0.1) is 40.9 Å². The van der Waals surface area contributed by atoms with Gasteiger partial charge < -0.3 is 9.47 Å². The van der Waals surface area contributed by atoms with Gasteiger partial charge in [0.15, 0.2) is 16.6 Å². The Hall–Kier alpha value is -2.39. The van der Waals surface area contributed by atoms with Crippen LogP contribution in [0.3, 0.4) is 0 Å². The molecule has 3 aromatic heterocycles. The lowest BCUT2D eigenvalue weighted by atomic mass is 10.2. The zero-order valence-corrected chi connectivity index (χ0v) is 19.0. The second kappa shape index (κ2) is 8.77. The summed E-state index contributed by atoms with van der Waals surface area (Å²) in [7, 11) is 3.14. The molecule has 0 radical (unpaired) electrons. The van der Waals surface area contributed by atoms with Crippen molar-refractivity contribution in [3.63, 3.8) is 0 Å². The van der Waals surface area contributed by atoms with E-state index in [1.165, 1.54) is 11.3 Å². The van der Waals surface area contributed by atoms with E-state index in [0.717, 1.165) is 21.6 Å². The number of hydrogen-bond donors (Lipinski definition) is 0. The number of hydrogen-bond acceptors (Lipinski definition) is 7. The van der Waals surface area contributed by atoms with Gasteiger partial charge in [-0.1, -0.05) is 40.6 Å². The third-order valence-electron chi connectivity index (χ3n) is 4.31. The first kappa shape index (κ1) is 20.9. The molecule has 0 fully saturated rings. The third-order valence-corrected chi connectivity index (χ3v) is 6.84. The summed E-state index contributed by atoms with van der Waals surface area (Å²) in [6.45, 7) is 0.282. The Kier molecular flexibility index (Phi) is 6.10. The first-order valence-electron chi connectivity index (χ1n) is 8.68. The molecule has 30 heavy (non-hydrogen) atoms. The topological polar surface area (TPSA) is 64.5 Å². The van der Waals surface area contributed by atoms with Gasteiger partial charge in [0.1, 0.15) is 4.34 Å². The van der Waals surface area contributed by atoms with Gasteiger partial charge in [-0.2, -0.15) is 0 Å². The van der Waals surface area contributed by atoms with Gasteiger partial charge in [0.2, 0.25) is 0 Å². The van der Waals surface area contributed by atoms with Crippen LogP contribution >= 0.6 is 45.9 Å². The number of pyridine rings is 1. The maximum absolute atomic E-state index is 13.4. The molecule has 10 heteroatoms. The van der Waals surface area contributed by atoms with Gasteiger partial charge >= 0.3 is 0 Å². The standard InChI is InChI=1S/C20H15Cl2N3O3S2/c1-27-14-7-13-16(8-15(14)28-2)29-20(24-13)25(10-11-4-3-5-23-9-11)19(26)12-6-17(21)30-18(12)22/h3-9H,10H2,1-2H3. The SMILES string of the molecule is COc1cc2nc(N(Cc3cccnc3)C(=O)c3cc(Cl)sc3Cl)sc2cc1OC. The fourth-order valence-corrected chi connectivity index (χ4v) is 5.31. The molecule has 0 saturated heterocycles. The largest absolute Gasteiger partial charge is 0.493 e. The fourth-order valence-electron chi connectivity index (χ4n) is 2.89. The smallest absolute Gasteiger partial charge is 0.262 e. The Morgan fingerprint density at radius 1 is 1.13 bits per heavy atom. The molecule has 1 amide bonds. The van der Waals surface area contributed by atoms with Gasteiger partial charge in [-0.3, -0.25) is 14.7 Å². The number of halogens is 2. The Bertz CT molecular complexity index is 1170.